The van der Waals surface area contributed by atoms with E-state index in [1.165, 1.54) is 36.0 Å². The minimum Gasteiger partial charge on any atom is -0.394 e. The molecule has 1 aliphatic heterocycles. The first-order valence-corrected chi connectivity index (χ1v) is 6.64. The number of aliphatic hydroxyl groups excluding tert-OH is 2. The first kappa shape index (κ1) is 14.9. The number of fused-ring (bicyclic) bond motifs is 1. The van der Waals surface area contributed by atoms with Gasteiger partial charge in [0.15, 0.2) is 6.23 Å². The van der Waals surface area contributed by atoms with Gasteiger partial charge in [-0.3, -0.25) is 10.1 Å². The zero-order valence-electron chi connectivity index (χ0n) is 11.7. The summed E-state index contributed by atoms with van der Waals surface area (Å²) in [5, 5.41) is 40.5. The second-order valence-corrected chi connectivity index (χ2v) is 5.46. The van der Waals surface area contributed by atoms with Crippen LogP contribution in [0.25, 0.3) is 11.0 Å². The molecule has 1 saturated heterocycles. The number of benzene rings is 1. The molecular formula is C13H15N3O6. The fraction of sp³-hybridized carbons (Fsp3) is 0.462. The van der Waals surface area contributed by atoms with Crippen LogP contribution in [-0.2, 0) is 4.74 Å². The van der Waals surface area contributed by atoms with Crippen LogP contribution in [0.3, 0.4) is 0 Å². The van der Waals surface area contributed by atoms with Gasteiger partial charge in [0, 0.05) is 12.1 Å². The summed E-state index contributed by atoms with van der Waals surface area (Å²) in [5.41, 5.74) is -0.842. The minimum atomic E-state index is -1.64. The summed E-state index contributed by atoms with van der Waals surface area (Å²) in [6.45, 7) is 0.959. The van der Waals surface area contributed by atoms with E-state index in [0.717, 1.165) is 0 Å². The van der Waals surface area contributed by atoms with Gasteiger partial charge in [-0.05, 0) is 13.0 Å². The van der Waals surface area contributed by atoms with Crippen molar-refractivity contribution in [1.82, 2.24) is 9.55 Å². The van der Waals surface area contributed by atoms with E-state index in [1.807, 2.05) is 0 Å². The third kappa shape index (κ3) is 2.06. The molecule has 0 amide bonds. The Morgan fingerprint density at radius 1 is 1.55 bits per heavy atom. The third-order valence-electron chi connectivity index (χ3n) is 3.96. The van der Waals surface area contributed by atoms with Gasteiger partial charge in [0.2, 0.25) is 0 Å². The summed E-state index contributed by atoms with van der Waals surface area (Å²) in [6.07, 6.45) is -1.78. The first-order valence-electron chi connectivity index (χ1n) is 6.64. The largest absolute Gasteiger partial charge is 0.394 e. The van der Waals surface area contributed by atoms with Crippen molar-refractivity contribution in [3.8, 4) is 0 Å². The van der Waals surface area contributed by atoms with Crippen molar-refractivity contribution in [1.29, 1.82) is 0 Å². The Kier molecular flexibility index (Phi) is 3.37. The van der Waals surface area contributed by atoms with Gasteiger partial charge < -0.3 is 24.6 Å². The number of hydrogen-bond donors (Lipinski definition) is 3. The van der Waals surface area contributed by atoms with E-state index < -0.39 is 35.6 Å². The molecule has 0 aliphatic carbocycles. The molecule has 9 nitrogen and oxygen atoms in total. The van der Waals surface area contributed by atoms with E-state index in [-0.39, 0.29) is 5.69 Å². The number of non-ortho nitro benzene ring substituents is 1. The van der Waals surface area contributed by atoms with Gasteiger partial charge in [-0.1, -0.05) is 0 Å². The molecule has 1 fully saturated rings. The number of nitro groups is 1. The van der Waals surface area contributed by atoms with Crippen molar-refractivity contribution in [3.05, 3.63) is 34.6 Å². The lowest BCUT2D eigenvalue weighted by Crippen LogP contribution is -2.44. The second-order valence-electron chi connectivity index (χ2n) is 5.46. The Morgan fingerprint density at radius 3 is 2.86 bits per heavy atom. The number of rotatable bonds is 3. The van der Waals surface area contributed by atoms with Gasteiger partial charge in [-0.15, -0.1) is 0 Å². The van der Waals surface area contributed by atoms with Crippen LogP contribution in [0, 0.1) is 10.1 Å². The Hall–Kier alpha value is -2.07. The van der Waals surface area contributed by atoms with Crippen molar-refractivity contribution in [2.45, 2.75) is 31.0 Å². The molecule has 0 spiro atoms. The molecular weight excluding hydrogens is 294 g/mol. The molecule has 0 bridgehead atoms. The molecule has 1 aliphatic rings. The second kappa shape index (κ2) is 4.99. The number of hydrogen-bond acceptors (Lipinski definition) is 7. The zero-order chi connectivity index (χ0) is 16.1. The Morgan fingerprint density at radius 2 is 2.27 bits per heavy atom. The molecule has 3 N–H and O–H groups in total. The maximum atomic E-state index is 10.8. The van der Waals surface area contributed by atoms with Crippen LogP contribution < -0.4 is 0 Å². The van der Waals surface area contributed by atoms with E-state index >= 15 is 0 Å². The summed E-state index contributed by atoms with van der Waals surface area (Å²) in [7, 11) is 0. The van der Waals surface area contributed by atoms with Crippen LogP contribution in [-0.4, -0.2) is 54.2 Å². The van der Waals surface area contributed by atoms with Crippen LogP contribution in [0.15, 0.2) is 24.5 Å². The number of nitrogens with zero attached hydrogens (tertiary/aromatic N) is 3. The highest BCUT2D eigenvalue weighted by Crippen LogP contribution is 2.39. The van der Waals surface area contributed by atoms with Crippen LogP contribution in [0.2, 0.25) is 0 Å². The van der Waals surface area contributed by atoms with Gasteiger partial charge in [0.25, 0.3) is 5.69 Å². The number of nitro benzene ring substituents is 1. The highest BCUT2D eigenvalue weighted by molar-refractivity contribution is 5.78. The summed E-state index contributed by atoms with van der Waals surface area (Å²) in [6, 6.07) is 4.14. The smallest absolute Gasteiger partial charge is 0.271 e. The molecule has 2 aromatic rings. The molecule has 0 radical (unpaired) electrons. The van der Waals surface area contributed by atoms with Gasteiger partial charge in [0.1, 0.15) is 17.8 Å². The van der Waals surface area contributed by atoms with Gasteiger partial charge >= 0.3 is 0 Å². The monoisotopic (exact) mass is 309 g/mol. The summed E-state index contributed by atoms with van der Waals surface area (Å²) in [4.78, 5) is 14.3. The Bertz CT molecular complexity index is 728. The van der Waals surface area contributed by atoms with Gasteiger partial charge in [-0.2, -0.15) is 0 Å². The minimum absolute atomic E-state index is 0.0925. The van der Waals surface area contributed by atoms with Gasteiger partial charge in [0.05, 0.1) is 28.9 Å². The molecule has 3 rings (SSSR count). The summed E-state index contributed by atoms with van der Waals surface area (Å²) >= 11 is 0. The van der Waals surface area contributed by atoms with Crippen LogP contribution in [0.5, 0.6) is 0 Å². The number of aromatic nitrogens is 2. The highest BCUT2D eigenvalue weighted by atomic mass is 16.6. The SMILES string of the molecule is C[C@]1(O)C(n2cnc3cc([N+](=O)[O-])ccc32)O[C@H](CO)[C@H]1O. The maximum Gasteiger partial charge on any atom is 0.271 e. The normalized spacial score (nSPS) is 31.7. The van der Waals surface area contributed by atoms with E-state index in [9.17, 15) is 25.4 Å². The van der Waals surface area contributed by atoms with Crippen LogP contribution in [0.4, 0.5) is 5.69 Å². The fourth-order valence-corrected chi connectivity index (χ4v) is 2.71. The Labute approximate surface area is 124 Å². The maximum absolute atomic E-state index is 10.8. The topological polar surface area (TPSA) is 131 Å². The van der Waals surface area contributed by atoms with Crippen molar-refractivity contribution in [2.75, 3.05) is 6.61 Å². The number of aliphatic hydroxyl groups is 3. The van der Waals surface area contributed by atoms with E-state index in [1.54, 1.807) is 0 Å². The summed E-state index contributed by atoms with van der Waals surface area (Å²) < 4.78 is 6.99. The molecule has 1 aromatic heterocycles. The van der Waals surface area contributed by atoms with Crippen LogP contribution in [0.1, 0.15) is 13.2 Å². The lowest BCUT2D eigenvalue weighted by Gasteiger charge is -2.27. The molecule has 1 aromatic carbocycles. The molecule has 2 heterocycles. The van der Waals surface area contributed by atoms with Crippen molar-refractivity contribution < 1.29 is 25.0 Å². The number of ether oxygens (including phenoxy) is 1. The lowest BCUT2D eigenvalue weighted by atomic mass is 9.96. The average Bonchev–Trinajstić information content (AvgIpc) is 2.98. The zero-order valence-corrected chi connectivity index (χ0v) is 11.7. The molecule has 22 heavy (non-hydrogen) atoms. The fourth-order valence-electron chi connectivity index (χ4n) is 2.71. The standard InChI is InChI=1S/C13H15N3O6/c1-13(19)11(18)10(5-17)22-12(13)15-6-14-8-4-7(16(20)21)2-3-9(8)15/h2-4,6,10-12,17-19H,5H2,1H3/t10-,11-,12?,13-/m1/s1. The van der Waals surface area contributed by atoms with E-state index in [0.29, 0.717) is 11.0 Å². The highest BCUT2D eigenvalue weighted by Gasteiger charge is 2.53. The molecule has 118 valence electrons. The van der Waals surface area contributed by atoms with Gasteiger partial charge in [-0.25, -0.2) is 4.98 Å². The predicted octanol–water partition coefficient (Wildman–Crippen LogP) is -0.0539. The molecule has 9 heteroatoms. The van der Waals surface area contributed by atoms with E-state index in [2.05, 4.69) is 4.98 Å². The van der Waals surface area contributed by atoms with Crippen molar-refractivity contribution in [2.24, 2.45) is 0 Å². The van der Waals surface area contributed by atoms with Crippen molar-refractivity contribution >= 4 is 16.7 Å². The lowest BCUT2D eigenvalue weighted by molar-refractivity contribution is -0.384. The van der Waals surface area contributed by atoms with Crippen molar-refractivity contribution in [3.63, 3.8) is 0 Å². The third-order valence-corrected chi connectivity index (χ3v) is 3.96. The quantitative estimate of drug-likeness (QED) is 0.535. The molecule has 0 saturated carbocycles. The Balaban J connectivity index is 2.05. The average molecular weight is 309 g/mol. The number of imidazole rings is 1. The summed E-state index contributed by atoms with van der Waals surface area (Å²) in [5.74, 6) is 0. The van der Waals surface area contributed by atoms with Crippen LogP contribution >= 0.6 is 0 Å². The predicted molar refractivity (Wildman–Crippen MR) is 74.0 cm³/mol. The van der Waals surface area contributed by atoms with E-state index in [4.69, 9.17) is 4.74 Å². The molecule has 1 unspecified atom stereocenters. The first-order chi connectivity index (χ1) is 10.4. The molecule has 4 atom stereocenters.